The zero-order valence-electron chi connectivity index (χ0n) is 19.9. The summed E-state index contributed by atoms with van der Waals surface area (Å²) in [5, 5.41) is 5.80. The number of rotatable bonds is 6. The maximum absolute atomic E-state index is 13.9. The van der Waals surface area contributed by atoms with Gasteiger partial charge in [-0.2, -0.15) is 5.10 Å². The van der Waals surface area contributed by atoms with E-state index in [2.05, 4.69) is 5.10 Å². The van der Waals surface area contributed by atoms with Gasteiger partial charge in [0.1, 0.15) is 6.54 Å². The Kier molecular flexibility index (Phi) is 6.74. The lowest BCUT2D eigenvalue weighted by Crippen LogP contribution is -2.31. The fourth-order valence-corrected chi connectivity index (χ4v) is 5.06. The van der Waals surface area contributed by atoms with Gasteiger partial charge in [0, 0.05) is 27.0 Å². The zero-order chi connectivity index (χ0) is 24.7. The summed E-state index contributed by atoms with van der Waals surface area (Å²) in [7, 11) is 0. The summed E-state index contributed by atoms with van der Waals surface area (Å²) in [4.78, 5) is 27.9. The van der Waals surface area contributed by atoms with Gasteiger partial charge in [0.05, 0.1) is 12.6 Å². The van der Waals surface area contributed by atoms with E-state index in [4.69, 9.17) is 27.9 Å². The molecule has 0 saturated heterocycles. The first-order valence-electron chi connectivity index (χ1n) is 11.3. The predicted octanol–water partition coefficient (Wildman–Crippen LogP) is 6.24. The first kappa shape index (κ1) is 24.3. The molecule has 1 aliphatic rings. The number of hydrogen-bond acceptors (Lipinski definition) is 4. The molecule has 1 aromatic heterocycles. The third-order valence-electron chi connectivity index (χ3n) is 6.07. The molecule has 6 nitrogen and oxygen atoms in total. The number of amides is 1. The number of fused-ring (bicyclic) bond motifs is 1. The zero-order valence-corrected chi connectivity index (χ0v) is 21.4. The molecule has 34 heavy (non-hydrogen) atoms. The molecule has 1 aliphatic heterocycles. The van der Waals surface area contributed by atoms with Crippen molar-refractivity contribution >= 4 is 40.8 Å². The number of halogens is 2. The maximum Gasteiger partial charge on any atom is 0.327 e. The minimum absolute atomic E-state index is 0.00833. The lowest BCUT2D eigenvalue weighted by Gasteiger charge is -2.30. The number of aryl methyl sites for hydroxylation is 2. The van der Waals surface area contributed by atoms with Crippen LogP contribution in [0, 0.1) is 13.8 Å². The Balaban J connectivity index is 1.97. The van der Waals surface area contributed by atoms with Gasteiger partial charge >= 0.3 is 5.97 Å². The van der Waals surface area contributed by atoms with Crippen molar-refractivity contribution in [2.75, 3.05) is 11.5 Å². The van der Waals surface area contributed by atoms with Crippen LogP contribution in [0.25, 0.3) is 0 Å². The van der Waals surface area contributed by atoms with E-state index in [0.29, 0.717) is 15.7 Å². The Morgan fingerprint density at radius 1 is 1.09 bits per heavy atom. The molecule has 0 aliphatic carbocycles. The fourth-order valence-electron chi connectivity index (χ4n) is 4.67. The lowest BCUT2D eigenvalue weighted by atomic mass is 9.91. The molecule has 2 aromatic carbocycles. The highest BCUT2D eigenvalue weighted by molar-refractivity contribution is 6.31. The molecular weight excluding hydrogens is 473 g/mol. The van der Waals surface area contributed by atoms with Crippen LogP contribution in [-0.2, 0) is 16.1 Å². The highest BCUT2D eigenvalue weighted by Crippen LogP contribution is 2.47. The number of benzene rings is 2. The SMILES string of the molecule is CCOC(=O)Cn1nc2c(c1C(C)C)C(c1ccc(Cl)cc1C)N(c1cc(Cl)ccc1C)C2=O. The monoisotopic (exact) mass is 499 g/mol. The molecule has 1 amide bonds. The molecule has 3 aromatic rings. The first-order valence-corrected chi connectivity index (χ1v) is 12.0. The topological polar surface area (TPSA) is 64.4 Å². The average Bonchev–Trinajstić information content (AvgIpc) is 3.25. The molecule has 2 heterocycles. The molecule has 0 radical (unpaired) electrons. The molecule has 0 N–H and O–H groups in total. The summed E-state index contributed by atoms with van der Waals surface area (Å²) < 4.78 is 6.76. The lowest BCUT2D eigenvalue weighted by molar-refractivity contribution is -0.144. The van der Waals surface area contributed by atoms with Crippen LogP contribution < -0.4 is 4.90 Å². The quantitative estimate of drug-likeness (QED) is 0.376. The predicted molar refractivity (Wildman–Crippen MR) is 134 cm³/mol. The van der Waals surface area contributed by atoms with Crippen LogP contribution in [0.1, 0.15) is 71.2 Å². The fraction of sp³-hybridized carbons (Fsp3) is 0.346. The second-order valence-corrected chi connectivity index (χ2v) is 9.65. The number of carbonyl (C=O) groups excluding carboxylic acids is 2. The van der Waals surface area contributed by atoms with E-state index in [1.807, 2.05) is 58.0 Å². The molecule has 178 valence electrons. The Labute approximate surface area is 209 Å². The van der Waals surface area contributed by atoms with Crippen molar-refractivity contribution in [1.29, 1.82) is 0 Å². The van der Waals surface area contributed by atoms with Gasteiger partial charge in [0.15, 0.2) is 5.69 Å². The number of nitrogens with zero attached hydrogens (tertiary/aromatic N) is 3. The first-order chi connectivity index (χ1) is 16.1. The highest BCUT2D eigenvalue weighted by Gasteiger charge is 2.45. The summed E-state index contributed by atoms with van der Waals surface area (Å²) in [6.45, 7) is 9.98. The summed E-state index contributed by atoms with van der Waals surface area (Å²) in [6, 6.07) is 10.7. The molecule has 8 heteroatoms. The molecule has 0 fully saturated rings. The van der Waals surface area contributed by atoms with E-state index < -0.39 is 6.04 Å². The summed E-state index contributed by atoms with van der Waals surface area (Å²) in [5.41, 5.74) is 5.51. The van der Waals surface area contributed by atoms with Crippen LogP contribution in [0.15, 0.2) is 36.4 Å². The van der Waals surface area contributed by atoms with Crippen LogP contribution in [0.5, 0.6) is 0 Å². The second kappa shape index (κ2) is 9.43. The number of hydrogen-bond donors (Lipinski definition) is 0. The minimum atomic E-state index is -0.440. The largest absolute Gasteiger partial charge is 0.465 e. The minimum Gasteiger partial charge on any atom is -0.465 e. The second-order valence-electron chi connectivity index (χ2n) is 8.77. The van der Waals surface area contributed by atoms with Gasteiger partial charge in [0.2, 0.25) is 0 Å². The molecule has 0 bridgehead atoms. The van der Waals surface area contributed by atoms with E-state index in [-0.39, 0.29) is 30.9 Å². The average molecular weight is 500 g/mol. The van der Waals surface area contributed by atoms with Crippen molar-refractivity contribution in [2.45, 2.75) is 53.1 Å². The molecule has 1 atom stereocenters. The number of carbonyl (C=O) groups is 2. The van der Waals surface area contributed by atoms with E-state index in [0.717, 1.165) is 33.6 Å². The van der Waals surface area contributed by atoms with E-state index in [1.165, 1.54) is 0 Å². The van der Waals surface area contributed by atoms with Crippen LogP contribution in [-0.4, -0.2) is 28.3 Å². The van der Waals surface area contributed by atoms with Gasteiger partial charge in [-0.25, -0.2) is 0 Å². The van der Waals surface area contributed by atoms with Crippen molar-refractivity contribution in [1.82, 2.24) is 9.78 Å². The standard InChI is InChI=1S/C26H27Cl2N3O3/c1-6-34-21(32)13-30-24(14(2)3)22-23(29-30)26(33)31(20-12-18(28)8-7-15(20)4)25(22)19-10-9-17(27)11-16(19)5/h7-12,14,25H,6,13H2,1-5H3. The van der Waals surface area contributed by atoms with Crippen molar-refractivity contribution in [3.63, 3.8) is 0 Å². The third kappa shape index (κ3) is 4.21. The van der Waals surface area contributed by atoms with Crippen LogP contribution in [0.3, 0.4) is 0 Å². The van der Waals surface area contributed by atoms with E-state index >= 15 is 0 Å². The molecule has 0 saturated carbocycles. The van der Waals surface area contributed by atoms with Crippen LogP contribution >= 0.6 is 23.2 Å². The number of ether oxygens (including phenoxy) is 1. The Morgan fingerprint density at radius 2 is 1.76 bits per heavy atom. The Morgan fingerprint density at radius 3 is 2.41 bits per heavy atom. The molecule has 4 rings (SSSR count). The smallest absolute Gasteiger partial charge is 0.327 e. The maximum atomic E-state index is 13.9. The van der Waals surface area contributed by atoms with Gasteiger partial charge in [-0.1, -0.05) is 49.2 Å². The van der Waals surface area contributed by atoms with Crippen molar-refractivity contribution in [3.8, 4) is 0 Å². The number of esters is 1. The number of anilines is 1. The van der Waals surface area contributed by atoms with Crippen LogP contribution in [0.2, 0.25) is 10.0 Å². The van der Waals surface area contributed by atoms with Crippen molar-refractivity contribution in [3.05, 3.63) is 80.1 Å². The van der Waals surface area contributed by atoms with E-state index in [9.17, 15) is 9.59 Å². The summed E-state index contributed by atoms with van der Waals surface area (Å²) in [6.07, 6.45) is 0. The Hall–Kier alpha value is -2.83. The Bertz CT molecular complexity index is 1280. The third-order valence-corrected chi connectivity index (χ3v) is 6.54. The van der Waals surface area contributed by atoms with Gasteiger partial charge < -0.3 is 4.74 Å². The number of aromatic nitrogens is 2. The summed E-state index contributed by atoms with van der Waals surface area (Å²) >= 11 is 12.6. The van der Waals surface area contributed by atoms with Gasteiger partial charge in [-0.05, 0) is 67.6 Å². The molecule has 0 spiro atoms. The normalized spacial score (nSPS) is 15.2. The highest BCUT2D eigenvalue weighted by atomic mass is 35.5. The van der Waals surface area contributed by atoms with Crippen molar-refractivity contribution < 1.29 is 14.3 Å². The van der Waals surface area contributed by atoms with Crippen LogP contribution in [0.4, 0.5) is 5.69 Å². The van der Waals surface area contributed by atoms with Gasteiger partial charge in [-0.3, -0.25) is 19.2 Å². The van der Waals surface area contributed by atoms with Crippen molar-refractivity contribution in [2.24, 2.45) is 0 Å². The molecule has 1 unspecified atom stereocenters. The van der Waals surface area contributed by atoms with Gasteiger partial charge in [-0.15, -0.1) is 0 Å². The van der Waals surface area contributed by atoms with Gasteiger partial charge in [0.25, 0.3) is 5.91 Å². The van der Waals surface area contributed by atoms with E-state index in [1.54, 1.807) is 22.6 Å². The summed E-state index contributed by atoms with van der Waals surface area (Å²) in [5.74, 6) is -0.613. The molecular formula is C26H27Cl2N3O3.